The molecule has 0 aliphatic carbocycles. The largest absolute Gasteiger partial charge is 0.471 e. The van der Waals surface area contributed by atoms with E-state index in [4.69, 9.17) is 21.5 Å². The lowest BCUT2D eigenvalue weighted by molar-refractivity contribution is -0.126. The average molecular weight is 603 g/mol. The van der Waals surface area contributed by atoms with E-state index < -0.39 is 12.2 Å². The summed E-state index contributed by atoms with van der Waals surface area (Å²) >= 11 is 6.16. The molecule has 2 aromatic carbocycles. The van der Waals surface area contributed by atoms with Gasteiger partial charge in [-0.15, -0.1) is 0 Å². The van der Waals surface area contributed by atoms with E-state index >= 15 is 0 Å². The highest BCUT2D eigenvalue weighted by atomic mass is 35.5. The first-order valence-corrected chi connectivity index (χ1v) is 13.8. The van der Waals surface area contributed by atoms with Crippen molar-refractivity contribution in [3.05, 3.63) is 64.6 Å². The normalized spacial score (nSPS) is 12.3. The molecule has 0 spiro atoms. The number of rotatable bonds is 6. The summed E-state index contributed by atoms with van der Waals surface area (Å²) in [6.07, 6.45) is 3.44. The Morgan fingerprint density at radius 1 is 1.12 bits per heavy atom. The number of aromatic nitrogens is 3. The Labute approximate surface area is 249 Å². The van der Waals surface area contributed by atoms with Crippen LogP contribution >= 0.6 is 11.6 Å². The van der Waals surface area contributed by atoms with Crippen molar-refractivity contribution in [1.29, 1.82) is 0 Å². The summed E-state index contributed by atoms with van der Waals surface area (Å²) in [4.78, 5) is 19.7. The second kappa shape index (κ2) is 13.9. The molecule has 0 bridgehead atoms. The maximum Gasteiger partial charge on any atom is 0.387 e. The molecule has 0 saturated heterocycles. The number of carbonyl (C=O) groups excluding carboxylic acids is 1. The third-order valence-electron chi connectivity index (χ3n) is 6.39. The minimum Gasteiger partial charge on any atom is -0.471 e. The van der Waals surface area contributed by atoms with E-state index in [1.165, 1.54) is 41.7 Å². The van der Waals surface area contributed by atoms with Crippen molar-refractivity contribution in [3.8, 4) is 16.9 Å². The van der Waals surface area contributed by atoms with Crippen LogP contribution in [0, 0.1) is 13.8 Å². The molecule has 1 aliphatic rings. The van der Waals surface area contributed by atoms with E-state index in [0.29, 0.717) is 24.0 Å². The highest BCUT2D eigenvalue weighted by molar-refractivity contribution is 6.30. The molecule has 0 saturated carbocycles. The standard InChI is InChI=1S/C25H23ClF2N4O.C4H10O.C2H4O2/c1-4-19-15(3)22-23-20(21(19)16-5-7-17(26)8-6-16)11-14(2)31(23)9-10-32(22)25-29-12-18(13-30-25)33-24(27)28;1-4(2,3)5;1-4-2-3/h5-8,11-13,24H,4,9-10H2,1-3H3;5H,1-3H3;2H,1H3. The number of alkyl halides is 2. The fourth-order valence-corrected chi connectivity index (χ4v) is 5.05. The average Bonchev–Trinajstić information content (AvgIpc) is 3.26. The van der Waals surface area contributed by atoms with Crippen molar-refractivity contribution in [2.24, 2.45) is 0 Å². The van der Waals surface area contributed by atoms with Crippen LogP contribution in [-0.4, -0.2) is 52.0 Å². The Morgan fingerprint density at radius 2 is 1.69 bits per heavy atom. The first-order chi connectivity index (χ1) is 19.8. The lowest BCUT2D eigenvalue weighted by Crippen LogP contribution is -2.30. The summed E-state index contributed by atoms with van der Waals surface area (Å²) in [5, 5.41) is 10.4. The predicted octanol–water partition coefficient (Wildman–Crippen LogP) is 7.25. The maximum atomic E-state index is 12.5. The second-order valence-electron chi connectivity index (χ2n) is 10.6. The Hall–Kier alpha value is -3.76. The number of ether oxygens (including phenoxy) is 2. The number of aliphatic hydroxyl groups is 1. The number of methoxy groups -OCH3 is 1. The molecule has 1 N–H and O–H groups in total. The van der Waals surface area contributed by atoms with Crippen LogP contribution in [0.4, 0.5) is 20.4 Å². The van der Waals surface area contributed by atoms with Gasteiger partial charge in [0.15, 0.2) is 5.75 Å². The molecule has 42 heavy (non-hydrogen) atoms. The van der Waals surface area contributed by atoms with Gasteiger partial charge in [-0.25, -0.2) is 9.97 Å². The molecule has 5 rings (SSSR count). The Bertz CT molecular complexity index is 1500. The summed E-state index contributed by atoms with van der Waals surface area (Å²) in [6, 6.07) is 10.2. The van der Waals surface area contributed by atoms with E-state index in [-0.39, 0.29) is 5.75 Å². The van der Waals surface area contributed by atoms with Crippen LogP contribution in [0.5, 0.6) is 5.75 Å². The van der Waals surface area contributed by atoms with Crippen molar-refractivity contribution in [3.63, 3.8) is 0 Å². The highest BCUT2D eigenvalue weighted by Gasteiger charge is 2.29. The molecule has 1 aliphatic heterocycles. The molecule has 0 radical (unpaired) electrons. The molecule has 3 heterocycles. The monoisotopic (exact) mass is 602 g/mol. The van der Waals surface area contributed by atoms with Gasteiger partial charge in [0, 0.05) is 29.2 Å². The molecule has 0 atom stereocenters. The van der Waals surface area contributed by atoms with E-state index in [1.54, 1.807) is 20.8 Å². The topological polar surface area (TPSA) is 89.7 Å². The van der Waals surface area contributed by atoms with Crippen molar-refractivity contribution < 1.29 is 28.2 Å². The molecule has 2 aromatic heterocycles. The fourth-order valence-electron chi connectivity index (χ4n) is 4.92. The van der Waals surface area contributed by atoms with Gasteiger partial charge < -0.3 is 24.0 Å². The van der Waals surface area contributed by atoms with E-state index in [9.17, 15) is 8.78 Å². The molecule has 8 nitrogen and oxygen atoms in total. The molecule has 11 heteroatoms. The van der Waals surface area contributed by atoms with Gasteiger partial charge in [0.25, 0.3) is 6.47 Å². The van der Waals surface area contributed by atoms with Crippen LogP contribution in [0.25, 0.3) is 22.0 Å². The van der Waals surface area contributed by atoms with Crippen LogP contribution in [0.3, 0.4) is 0 Å². The van der Waals surface area contributed by atoms with Crippen molar-refractivity contribution in [1.82, 2.24) is 14.5 Å². The van der Waals surface area contributed by atoms with Crippen molar-refractivity contribution >= 4 is 40.6 Å². The zero-order valence-electron chi connectivity index (χ0n) is 24.9. The van der Waals surface area contributed by atoms with E-state index in [1.807, 2.05) is 12.1 Å². The van der Waals surface area contributed by atoms with Crippen LogP contribution in [-0.2, 0) is 22.5 Å². The number of hydrogen-bond acceptors (Lipinski definition) is 7. The Morgan fingerprint density at radius 3 is 2.19 bits per heavy atom. The lowest BCUT2D eigenvalue weighted by atomic mass is 9.89. The zero-order chi connectivity index (χ0) is 31.2. The number of benzene rings is 2. The van der Waals surface area contributed by atoms with Crippen molar-refractivity contribution in [2.45, 2.75) is 66.7 Å². The number of hydrogen-bond donors (Lipinski definition) is 1. The molecule has 0 amide bonds. The van der Waals surface area contributed by atoms with Gasteiger partial charge in [0.2, 0.25) is 5.95 Å². The third kappa shape index (κ3) is 7.74. The summed E-state index contributed by atoms with van der Waals surface area (Å²) in [5.74, 6) is 0.409. The summed E-state index contributed by atoms with van der Waals surface area (Å²) in [7, 11) is 1.31. The molecular formula is C31H37ClF2N4O4. The highest BCUT2D eigenvalue weighted by Crippen LogP contribution is 2.46. The van der Waals surface area contributed by atoms with Gasteiger partial charge in [-0.3, -0.25) is 4.79 Å². The Kier molecular flexibility index (Phi) is 10.9. The molecule has 226 valence electrons. The van der Waals surface area contributed by atoms with Crippen LogP contribution in [0.15, 0.2) is 42.7 Å². The van der Waals surface area contributed by atoms with Gasteiger partial charge in [-0.2, -0.15) is 8.78 Å². The molecule has 0 fully saturated rings. The quantitative estimate of drug-likeness (QED) is 0.232. The number of anilines is 2. The van der Waals surface area contributed by atoms with Crippen LogP contribution in [0.2, 0.25) is 5.02 Å². The van der Waals surface area contributed by atoms with Gasteiger partial charge in [-0.05, 0) is 81.5 Å². The summed E-state index contributed by atoms with van der Waals surface area (Å²) in [5.41, 5.74) is 7.64. The van der Waals surface area contributed by atoms with Gasteiger partial charge in [0.05, 0.1) is 36.3 Å². The second-order valence-corrected chi connectivity index (χ2v) is 11.1. The summed E-state index contributed by atoms with van der Waals surface area (Å²) < 4.78 is 35.7. The number of carbonyl (C=O) groups is 1. The Balaban J connectivity index is 0.000000473. The minimum absolute atomic E-state index is 0.0563. The summed E-state index contributed by atoms with van der Waals surface area (Å²) in [6.45, 7) is 10.6. The van der Waals surface area contributed by atoms with Gasteiger partial charge in [0.1, 0.15) is 0 Å². The molecule has 0 unspecified atom stereocenters. The zero-order valence-corrected chi connectivity index (χ0v) is 25.7. The van der Waals surface area contributed by atoms with Crippen LogP contribution in [0.1, 0.15) is 44.5 Å². The first kappa shape index (κ1) is 32.8. The first-order valence-electron chi connectivity index (χ1n) is 13.4. The number of nitrogens with zero attached hydrogens (tertiary/aromatic N) is 4. The SMILES string of the molecule is CC(C)(C)O.CCc1c(C)c2c3c(cc(C)n3CCN2c2ncc(OC(F)F)cn2)c1-c1ccc(Cl)cc1.COC=O. The predicted molar refractivity (Wildman–Crippen MR) is 162 cm³/mol. The minimum atomic E-state index is -2.91. The van der Waals surface area contributed by atoms with Gasteiger partial charge in [-0.1, -0.05) is 30.7 Å². The fraction of sp³-hybridized carbons (Fsp3) is 0.387. The van der Waals surface area contributed by atoms with Crippen molar-refractivity contribution in [2.75, 3.05) is 18.6 Å². The van der Waals surface area contributed by atoms with E-state index in [0.717, 1.165) is 35.3 Å². The number of halogens is 3. The number of aryl methyl sites for hydroxylation is 1. The molecular weight excluding hydrogens is 566 g/mol. The van der Waals surface area contributed by atoms with E-state index in [2.05, 4.69) is 67.9 Å². The third-order valence-corrected chi connectivity index (χ3v) is 6.64. The van der Waals surface area contributed by atoms with Crippen LogP contribution < -0.4 is 9.64 Å². The maximum absolute atomic E-state index is 12.5. The molecule has 4 aromatic rings. The smallest absolute Gasteiger partial charge is 0.387 e. The van der Waals surface area contributed by atoms with Gasteiger partial charge >= 0.3 is 6.61 Å². The lowest BCUT2D eigenvalue weighted by Gasteiger charge is -2.33.